The van der Waals surface area contributed by atoms with E-state index in [0.29, 0.717) is 11.5 Å². The molecule has 1 fully saturated rings. The molecule has 0 aromatic heterocycles. The first-order valence-corrected chi connectivity index (χ1v) is 7.31. The summed E-state index contributed by atoms with van der Waals surface area (Å²) in [6.45, 7) is 0. The number of rotatable bonds is 4. The van der Waals surface area contributed by atoms with E-state index in [-0.39, 0.29) is 5.56 Å². The van der Waals surface area contributed by atoms with E-state index in [1.165, 1.54) is 37.0 Å². The van der Waals surface area contributed by atoms with Crippen LogP contribution in [0.5, 0.6) is 0 Å². The fraction of sp³-hybridized carbons (Fsp3) is 0.333. The highest BCUT2D eigenvalue weighted by Crippen LogP contribution is 2.36. The van der Waals surface area contributed by atoms with Gasteiger partial charge in [0.25, 0.3) is 6.43 Å². The van der Waals surface area contributed by atoms with E-state index in [4.69, 9.17) is 0 Å². The van der Waals surface area contributed by atoms with Crippen LogP contribution in [0.15, 0.2) is 48.5 Å². The molecule has 3 rings (SSSR count). The minimum Gasteiger partial charge on any atom is -0.384 e. The van der Waals surface area contributed by atoms with Gasteiger partial charge in [-0.15, -0.1) is 0 Å². The fourth-order valence-electron chi connectivity index (χ4n) is 2.71. The molecule has 1 saturated carbocycles. The summed E-state index contributed by atoms with van der Waals surface area (Å²) in [6.07, 6.45) is 0.546. The SMILES string of the molecule is OC(c1ccc(C(F)F)cc1)c1ccc(C2CCC2)cc1. The Hall–Kier alpha value is -1.74. The Morgan fingerprint density at radius 2 is 1.29 bits per heavy atom. The second-order valence-electron chi connectivity index (χ2n) is 5.66. The van der Waals surface area contributed by atoms with Crippen molar-refractivity contribution in [2.75, 3.05) is 0 Å². The number of aliphatic hydroxyl groups excluding tert-OH is 1. The maximum Gasteiger partial charge on any atom is 0.263 e. The summed E-state index contributed by atoms with van der Waals surface area (Å²) >= 11 is 0. The Morgan fingerprint density at radius 3 is 1.71 bits per heavy atom. The smallest absolute Gasteiger partial charge is 0.263 e. The lowest BCUT2D eigenvalue weighted by atomic mass is 9.80. The van der Waals surface area contributed by atoms with E-state index in [1.807, 2.05) is 12.1 Å². The van der Waals surface area contributed by atoms with Gasteiger partial charge in [-0.3, -0.25) is 0 Å². The Balaban J connectivity index is 1.75. The van der Waals surface area contributed by atoms with Crippen molar-refractivity contribution >= 4 is 0 Å². The molecule has 2 aromatic rings. The van der Waals surface area contributed by atoms with Crippen LogP contribution >= 0.6 is 0 Å². The van der Waals surface area contributed by atoms with Gasteiger partial charge in [-0.2, -0.15) is 0 Å². The molecular weight excluding hydrogens is 270 g/mol. The highest BCUT2D eigenvalue weighted by molar-refractivity contribution is 5.34. The van der Waals surface area contributed by atoms with Crippen LogP contribution in [-0.4, -0.2) is 5.11 Å². The number of benzene rings is 2. The molecule has 0 amide bonds. The zero-order chi connectivity index (χ0) is 14.8. The van der Waals surface area contributed by atoms with Gasteiger partial charge in [0.1, 0.15) is 6.10 Å². The first-order chi connectivity index (χ1) is 10.1. The molecular formula is C18H18F2O. The molecule has 1 aliphatic carbocycles. The van der Waals surface area contributed by atoms with Gasteiger partial charge in [0.2, 0.25) is 0 Å². The van der Waals surface area contributed by atoms with E-state index in [1.54, 1.807) is 12.1 Å². The normalized spacial score (nSPS) is 16.8. The Bertz CT molecular complexity index is 586. The quantitative estimate of drug-likeness (QED) is 0.841. The maximum atomic E-state index is 12.5. The molecule has 1 aliphatic rings. The molecule has 3 heteroatoms. The number of aliphatic hydroxyl groups is 1. The molecule has 0 radical (unpaired) electrons. The lowest BCUT2D eigenvalue weighted by Crippen LogP contribution is -2.09. The molecule has 1 nitrogen and oxygen atoms in total. The Kier molecular flexibility index (Phi) is 4.02. The lowest BCUT2D eigenvalue weighted by molar-refractivity contribution is 0.151. The molecule has 1 unspecified atom stereocenters. The van der Waals surface area contributed by atoms with Crippen LogP contribution in [0.3, 0.4) is 0 Å². The summed E-state index contributed by atoms with van der Waals surface area (Å²) in [5, 5.41) is 10.3. The summed E-state index contributed by atoms with van der Waals surface area (Å²) in [7, 11) is 0. The first kappa shape index (κ1) is 14.2. The highest BCUT2D eigenvalue weighted by Gasteiger charge is 2.19. The van der Waals surface area contributed by atoms with Crippen LogP contribution in [0, 0.1) is 0 Å². The van der Waals surface area contributed by atoms with Gasteiger partial charge in [0, 0.05) is 5.56 Å². The predicted molar refractivity (Wildman–Crippen MR) is 78.5 cm³/mol. The number of halogens is 2. The zero-order valence-electron chi connectivity index (χ0n) is 11.7. The summed E-state index contributed by atoms with van der Waals surface area (Å²) in [5.74, 6) is 0.668. The van der Waals surface area contributed by atoms with E-state index in [2.05, 4.69) is 12.1 Å². The van der Waals surface area contributed by atoms with Gasteiger partial charge in [0.15, 0.2) is 0 Å². The summed E-state index contributed by atoms with van der Waals surface area (Å²) in [6, 6.07) is 13.8. The van der Waals surface area contributed by atoms with Gasteiger partial charge in [0.05, 0.1) is 0 Å². The molecule has 1 N–H and O–H groups in total. The fourth-order valence-corrected chi connectivity index (χ4v) is 2.71. The summed E-state index contributed by atoms with van der Waals surface area (Å²) in [5.41, 5.74) is 2.73. The summed E-state index contributed by atoms with van der Waals surface area (Å²) in [4.78, 5) is 0. The Morgan fingerprint density at radius 1 is 0.810 bits per heavy atom. The second-order valence-corrected chi connectivity index (χ2v) is 5.66. The van der Waals surface area contributed by atoms with Gasteiger partial charge >= 0.3 is 0 Å². The molecule has 0 heterocycles. The molecule has 110 valence electrons. The van der Waals surface area contributed by atoms with Gasteiger partial charge in [-0.05, 0) is 35.4 Å². The molecule has 2 aromatic carbocycles. The molecule has 1 atom stereocenters. The van der Waals surface area contributed by atoms with Crippen LogP contribution in [-0.2, 0) is 0 Å². The monoisotopic (exact) mass is 288 g/mol. The van der Waals surface area contributed by atoms with Crippen LogP contribution in [0.1, 0.15) is 60.0 Å². The van der Waals surface area contributed by atoms with Crippen molar-refractivity contribution in [3.63, 3.8) is 0 Å². The minimum atomic E-state index is -2.47. The van der Waals surface area contributed by atoms with Crippen LogP contribution in [0.25, 0.3) is 0 Å². The van der Waals surface area contributed by atoms with Crippen molar-refractivity contribution in [3.8, 4) is 0 Å². The third-order valence-electron chi connectivity index (χ3n) is 4.33. The van der Waals surface area contributed by atoms with Crippen molar-refractivity contribution in [1.29, 1.82) is 0 Å². The second kappa shape index (κ2) is 5.94. The van der Waals surface area contributed by atoms with E-state index in [0.717, 1.165) is 5.56 Å². The van der Waals surface area contributed by atoms with Crippen LogP contribution < -0.4 is 0 Å². The average Bonchev–Trinajstić information content (AvgIpc) is 2.46. The standard InChI is InChI=1S/C18H18F2O/c19-18(20)16-10-8-15(9-11-16)17(21)14-6-4-13(5-7-14)12-2-1-3-12/h4-12,17-18,21H,1-3H2. The predicted octanol–water partition coefficient (Wildman–Crippen LogP) is 4.97. The van der Waals surface area contributed by atoms with E-state index in [9.17, 15) is 13.9 Å². The third-order valence-corrected chi connectivity index (χ3v) is 4.33. The van der Waals surface area contributed by atoms with E-state index < -0.39 is 12.5 Å². The average molecular weight is 288 g/mol. The van der Waals surface area contributed by atoms with Crippen molar-refractivity contribution in [3.05, 3.63) is 70.8 Å². The number of hydrogen-bond acceptors (Lipinski definition) is 1. The van der Waals surface area contributed by atoms with Crippen molar-refractivity contribution < 1.29 is 13.9 Å². The van der Waals surface area contributed by atoms with Crippen molar-refractivity contribution in [1.82, 2.24) is 0 Å². The topological polar surface area (TPSA) is 20.2 Å². The maximum absolute atomic E-state index is 12.5. The van der Waals surface area contributed by atoms with Gasteiger partial charge in [-0.25, -0.2) is 8.78 Å². The first-order valence-electron chi connectivity index (χ1n) is 7.31. The largest absolute Gasteiger partial charge is 0.384 e. The summed E-state index contributed by atoms with van der Waals surface area (Å²) < 4.78 is 25.0. The molecule has 21 heavy (non-hydrogen) atoms. The molecule has 0 bridgehead atoms. The van der Waals surface area contributed by atoms with Crippen LogP contribution in [0.4, 0.5) is 8.78 Å². The van der Waals surface area contributed by atoms with Crippen molar-refractivity contribution in [2.24, 2.45) is 0 Å². The zero-order valence-corrected chi connectivity index (χ0v) is 11.7. The third kappa shape index (κ3) is 2.98. The Labute approximate surface area is 123 Å². The van der Waals surface area contributed by atoms with Gasteiger partial charge in [-0.1, -0.05) is 55.0 Å². The minimum absolute atomic E-state index is 0.0220. The molecule has 0 saturated heterocycles. The number of hydrogen-bond donors (Lipinski definition) is 1. The highest BCUT2D eigenvalue weighted by atomic mass is 19.3. The van der Waals surface area contributed by atoms with Gasteiger partial charge < -0.3 is 5.11 Å². The lowest BCUT2D eigenvalue weighted by Gasteiger charge is -2.26. The molecule has 0 aliphatic heterocycles. The number of alkyl halides is 2. The van der Waals surface area contributed by atoms with Crippen LogP contribution in [0.2, 0.25) is 0 Å². The van der Waals surface area contributed by atoms with E-state index >= 15 is 0 Å². The molecule has 0 spiro atoms. The van der Waals surface area contributed by atoms with Crippen molar-refractivity contribution in [2.45, 2.75) is 37.7 Å².